The van der Waals surface area contributed by atoms with Gasteiger partial charge in [-0.05, 0) is 29.3 Å². The van der Waals surface area contributed by atoms with Crippen molar-refractivity contribution in [3.63, 3.8) is 0 Å². The minimum atomic E-state index is -4.06. The van der Waals surface area contributed by atoms with Gasteiger partial charge in [0.05, 0.1) is 23.6 Å². The average Bonchev–Trinajstić information content (AvgIpc) is 3.26. The Labute approximate surface area is 209 Å². The number of rotatable bonds is 10. The van der Waals surface area contributed by atoms with Gasteiger partial charge >= 0.3 is 0 Å². The summed E-state index contributed by atoms with van der Waals surface area (Å²) < 4.78 is 39.6. The number of aliphatic hydroxyl groups excluding tert-OH is 1. The molecule has 4 N–H and O–H groups in total. The Bertz CT molecular complexity index is 1440. The van der Waals surface area contributed by atoms with Crippen LogP contribution in [0.25, 0.3) is 5.69 Å². The number of primary sulfonamides is 1. The Morgan fingerprint density at radius 2 is 1.75 bits per heavy atom. The molecule has 1 heterocycles. The van der Waals surface area contributed by atoms with E-state index in [1.807, 2.05) is 60.7 Å². The molecule has 4 rings (SSSR count). The molecule has 0 saturated heterocycles. The lowest BCUT2D eigenvalue weighted by Gasteiger charge is -2.20. The van der Waals surface area contributed by atoms with Gasteiger partial charge in [0.2, 0.25) is 10.0 Å². The highest BCUT2D eigenvalue weighted by Gasteiger charge is 2.21. The number of nitrogens with two attached hydrogens (primary N) is 1. The second-order valence-corrected chi connectivity index (χ2v) is 9.74. The van der Waals surface area contributed by atoms with Crippen molar-refractivity contribution >= 4 is 10.0 Å². The average molecular weight is 508 g/mol. The number of nitrogens with zero attached hydrogens (tertiary/aromatic N) is 3. The van der Waals surface area contributed by atoms with E-state index < -0.39 is 28.0 Å². The van der Waals surface area contributed by atoms with Crippen molar-refractivity contribution in [2.24, 2.45) is 5.14 Å². The molecule has 0 unspecified atom stereocenters. The highest BCUT2D eigenvalue weighted by atomic mass is 32.2. The fourth-order valence-corrected chi connectivity index (χ4v) is 4.30. The quantitative estimate of drug-likeness (QED) is 0.284. The molecule has 0 aliphatic rings. The molecular weight excluding hydrogens is 481 g/mol. The predicted molar refractivity (Wildman–Crippen MR) is 134 cm³/mol. The first kappa shape index (κ1) is 25.4. The number of hydrogen-bond donors (Lipinski definition) is 3. The minimum absolute atomic E-state index is 0.0386. The highest BCUT2D eigenvalue weighted by molar-refractivity contribution is 7.89. The van der Waals surface area contributed by atoms with E-state index >= 15 is 0 Å². The van der Waals surface area contributed by atoms with Crippen molar-refractivity contribution in [3.8, 4) is 5.69 Å². The lowest BCUT2D eigenvalue weighted by molar-refractivity contribution is 0.146. The van der Waals surface area contributed by atoms with Crippen LogP contribution in [-0.4, -0.2) is 34.3 Å². The number of nitrogens with one attached hydrogen (secondary N) is 1. The zero-order valence-electron chi connectivity index (χ0n) is 19.3. The van der Waals surface area contributed by atoms with Gasteiger partial charge in [-0.25, -0.2) is 27.6 Å². The van der Waals surface area contributed by atoms with Crippen molar-refractivity contribution in [2.45, 2.75) is 30.0 Å². The third kappa shape index (κ3) is 5.92. The molecule has 3 aromatic carbocycles. The fraction of sp³-hybridized carbons (Fsp3) is 0.154. The summed E-state index contributed by atoms with van der Waals surface area (Å²) in [6, 6.07) is 21.6. The van der Waals surface area contributed by atoms with Crippen molar-refractivity contribution in [1.29, 1.82) is 0 Å². The molecule has 0 saturated carbocycles. The summed E-state index contributed by atoms with van der Waals surface area (Å²) in [7, 11) is -4.06. The molecule has 36 heavy (non-hydrogen) atoms. The third-order valence-corrected chi connectivity index (χ3v) is 6.54. The Morgan fingerprint density at radius 1 is 1.08 bits per heavy atom. The van der Waals surface area contributed by atoms with Crippen LogP contribution in [0.2, 0.25) is 0 Å². The Balaban J connectivity index is 1.64. The van der Waals surface area contributed by atoms with Crippen LogP contribution in [-0.2, 0) is 23.0 Å². The maximum atomic E-state index is 15.0. The summed E-state index contributed by atoms with van der Waals surface area (Å²) in [5, 5.41) is 23.5. The van der Waals surface area contributed by atoms with Crippen LogP contribution in [0.1, 0.15) is 28.9 Å². The van der Waals surface area contributed by atoms with Crippen LogP contribution >= 0.6 is 0 Å². The summed E-state index contributed by atoms with van der Waals surface area (Å²) in [5.74, 6) is 0.0192. The first-order valence-corrected chi connectivity index (χ1v) is 12.7. The second-order valence-electron chi connectivity index (χ2n) is 8.17. The SMILES string of the molecule is C=C[C@@H](NCc1nc(Cc2ccccc2)n(-c2ccc(S(N)(=O)=O)cc2F)n1)[C@@H](O)c1ccccc1. The molecule has 0 aliphatic heterocycles. The number of aromatic nitrogens is 3. The van der Waals surface area contributed by atoms with Crippen molar-refractivity contribution < 1.29 is 17.9 Å². The molecule has 10 heteroatoms. The summed E-state index contributed by atoms with van der Waals surface area (Å²) in [4.78, 5) is 4.26. The van der Waals surface area contributed by atoms with Crippen LogP contribution in [0.4, 0.5) is 4.39 Å². The topological polar surface area (TPSA) is 123 Å². The van der Waals surface area contributed by atoms with Gasteiger partial charge < -0.3 is 10.4 Å². The van der Waals surface area contributed by atoms with Gasteiger partial charge in [0.15, 0.2) is 5.82 Å². The summed E-state index contributed by atoms with van der Waals surface area (Å²) >= 11 is 0. The molecular formula is C26H26FN5O3S. The maximum absolute atomic E-state index is 15.0. The van der Waals surface area contributed by atoms with E-state index in [-0.39, 0.29) is 17.1 Å². The minimum Gasteiger partial charge on any atom is -0.386 e. The maximum Gasteiger partial charge on any atom is 0.238 e. The molecule has 0 fully saturated rings. The van der Waals surface area contributed by atoms with Gasteiger partial charge in [-0.3, -0.25) is 0 Å². The molecule has 0 spiro atoms. The van der Waals surface area contributed by atoms with Gasteiger partial charge in [0, 0.05) is 6.42 Å². The van der Waals surface area contributed by atoms with E-state index in [1.54, 1.807) is 6.08 Å². The first-order chi connectivity index (χ1) is 17.3. The monoisotopic (exact) mass is 507 g/mol. The van der Waals surface area contributed by atoms with Gasteiger partial charge in [0.25, 0.3) is 0 Å². The highest BCUT2D eigenvalue weighted by Crippen LogP contribution is 2.21. The zero-order valence-corrected chi connectivity index (χ0v) is 20.1. The van der Waals surface area contributed by atoms with Crippen molar-refractivity contribution in [1.82, 2.24) is 20.1 Å². The number of sulfonamides is 1. The largest absolute Gasteiger partial charge is 0.386 e. The van der Waals surface area contributed by atoms with E-state index in [9.17, 15) is 17.9 Å². The lowest BCUT2D eigenvalue weighted by atomic mass is 10.0. The van der Waals surface area contributed by atoms with Crippen LogP contribution in [0.5, 0.6) is 0 Å². The molecule has 1 aromatic heterocycles. The van der Waals surface area contributed by atoms with Crippen LogP contribution in [0, 0.1) is 5.82 Å². The lowest BCUT2D eigenvalue weighted by Crippen LogP contribution is -2.33. The Morgan fingerprint density at radius 3 is 2.36 bits per heavy atom. The number of halogens is 1. The van der Waals surface area contributed by atoms with Gasteiger partial charge in [-0.1, -0.05) is 66.7 Å². The number of hydrogen-bond acceptors (Lipinski definition) is 6. The summed E-state index contributed by atoms with van der Waals surface area (Å²) in [6.07, 6.45) is 1.13. The number of benzene rings is 3. The third-order valence-electron chi connectivity index (χ3n) is 5.63. The smallest absolute Gasteiger partial charge is 0.238 e. The van der Waals surface area contributed by atoms with Crippen molar-refractivity contribution in [3.05, 3.63) is 120 Å². The molecule has 0 radical (unpaired) electrons. The Hall–Kier alpha value is -3.70. The normalized spacial score (nSPS) is 13.3. The fourth-order valence-electron chi connectivity index (χ4n) is 3.78. The van der Waals surface area contributed by atoms with Gasteiger partial charge in [0.1, 0.15) is 17.3 Å². The first-order valence-electron chi connectivity index (χ1n) is 11.2. The molecule has 8 nitrogen and oxygen atoms in total. The van der Waals surface area contributed by atoms with E-state index in [0.717, 1.165) is 17.2 Å². The predicted octanol–water partition coefficient (Wildman–Crippen LogP) is 3.02. The Kier molecular flexibility index (Phi) is 7.70. The molecule has 2 atom stereocenters. The molecule has 0 bridgehead atoms. The number of aliphatic hydroxyl groups is 1. The second kappa shape index (κ2) is 10.9. The van der Waals surface area contributed by atoms with E-state index in [4.69, 9.17) is 5.14 Å². The standard InChI is InChI=1S/C26H26FN5O3S/c1-2-22(26(33)19-11-7-4-8-12-19)29-17-24-30-25(15-18-9-5-3-6-10-18)32(31-24)23-14-13-20(16-21(23)27)36(28,34)35/h2-14,16,22,26,29,33H,1,15,17H2,(H2,28,34,35)/t22-,26+/m1/s1. The van der Waals surface area contributed by atoms with Crippen LogP contribution in [0.3, 0.4) is 0 Å². The van der Waals surface area contributed by atoms with Crippen LogP contribution in [0.15, 0.2) is 96.4 Å². The van der Waals surface area contributed by atoms with Crippen LogP contribution < -0.4 is 10.5 Å². The molecule has 4 aromatic rings. The van der Waals surface area contributed by atoms with E-state index in [2.05, 4.69) is 22.0 Å². The molecule has 0 aliphatic carbocycles. The van der Waals surface area contributed by atoms with Gasteiger partial charge in [-0.15, -0.1) is 11.7 Å². The molecule has 0 amide bonds. The van der Waals surface area contributed by atoms with E-state index in [0.29, 0.717) is 18.1 Å². The molecule has 186 valence electrons. The van der Waals surface area contributed by atoms with E-state index in [1.165, 1.54) is 16.8 Å². The summed E-state index contributed by atoms with van der Waals surface area (Å²) in [6.45, 7) is 3.98. The zero-order chi connectivity index (χ0) is 25.7. The summed E-state index contributed by atoms with van der Waals surface area (Å²) in [5.41, 5.74) is 1.71. The van der Waals surface area contributed by atoms with Gasteiger partial charge in [-0.2, -0.15) is 0 Å². The van der Waals surface area contributed by atoms with Crippen molar-refractivity contribution in [2.75, 3.05) is 0 Å².